The van der Waals surface area contributed by atoms with Crippen molar-refractivity contribution in [2.45, 2.75) is 46.2 Å². The second-order valence-corrected chi connectivity index (χ2v) is 5.40. The van der Waals surface area contributed by atoms with E-state index in [-0.39, 0.29) is 5.41 Å². The molecule has 0 amide bonds. The van der Waals surface area contributed by atoms with Gasteiger partial charge in [-0.3, -0.25) is 0 Å². The largest absolute Gasteiger partial charge is 0.381 e. The van der Waals surface area contributed by atoms with E-state index in [4.69, 9.17) is 5.73 Å². The molecule has 0 bridgehead atoms. The number of anilines is 1. The lowest BCUT2D eigenvalue weighted by molar-refractivity contribution is 0.493. The van der Waals surface area contributed by atoms with Crippen LogP contribution >= 0.6 is 0 Å². The molecular formula is C12H20N6. The molecule has 0 unspecified atom stereocenters. The number of nitrogens with two attached hydrogens (primary N) is 1. The Hall–Kier alpha value is -1.85. The smallest absolute Gasteiger partial charge is 0.169 e. The van der Waals surface area contributed by atoms with Crippen molar-refractivity contribution < 1.29 is 0 Å². The second-order valence-electron chi connectivity index (χ2n) is 5.40. The standard InChI is InChI=1S/C12H20N6/c1-5-17-8-14-6-9(17)7-18-10(12(2,3)4)11(13)15-16-18/h6,8H,5,7,13H2,1-4H3. The number of nitrogen functional groups attached to an aromatic ring is 1. The highest BCUT2D eigenvalue weighted by Crippen LogP contribution is 2.26. The molecule has 6 heteroatoms. The number of imidazole rings is 1. The Bertz CT molecular complexity index is 531. The van der Waals surface area contributed by atoms with Gasteiger partial charge in [0.25, 0.3) is 0 Å². The molecule has 0 aliphatic heterocycles. The van der Waals surface area contributed by atoms with Crippen LogP contribution in [0.1, 0.15) is 39.1 Å². The Morgan fingerprint density at radius 2 is 2.06 bits per heavy atom. The van der Waals surface area contributed by atoms with E-state index in [1.54, 1.807) is 0 Å². The summed E-state index contributed by atoms with van der Waals surface area (Å²) in [6.07, 6.45) is 3.68. The van der Waals surface area contributed by atoms with E-state index in [9.17, 15) is 0 Å². The highest BCUT2D eigenvalue weighted by atomic mass is 15.4. The van der Waals surface area contributed by atoms with Gasteiger partial charge in [0.05, 0.1) is 30.5 Å². The third kappa shape index (κ3) is 2.23. The SMILES string of the molecule is CCn1cncc1Cn1nnc(N)c1C(C)(C)C. The lowest BCUT2D eigenvalue weighted by atomic mass is 9.92. The lowest BCUT2D eigenvalue weighted by Crippen LogP contribution is -2.21. The van der Waals surface area contributed by atoms with Crippen molar-refractivity contribution in [1.82, 2.24) is 24.5 Å². The molecule has 98 valence electrons. The zero-order valence-electron chi connectivity index (χ0n) is 11.4. The Balaban J connectivity index is 2.36. The fourth-order valence-corrected chi connectivity index (χ4v) is 2.13. The van der Waals surface area contributed by atoms with Crippen LogP contribution in [0.25, 0.3) is 0 Å². The summed E-state index contributed by atoms with van der Waals surface area (Å²) in [5.41, 5.74) is 7.90. The maximum atomic E-state index is 5.91. The molecule has 2 N–H and O–H groups in total. The zero-order chi connectivity index (χ0) is 13.3. The third-order valence-corrected chi connectivity index (χ3v) is 2.92. The van der Waals surface area contributed by atoms with Gasteiger partial charge in [0, 0.05) is 12.0 Å². The highest BCUT2D eigenvalue weighted by Gasteiger charge is 2.24. The van der Waals surface area contributed by atoms with Gasteiger partial charge in [-0.2, -0.15) is 0 Å². The van der Waals surface area contributed by atoms with Crippen molar-refractivity contribution in [2.75, 3.05) is 5.73 Å². The van der Waals surface area contributed by atoms with Crippen LogP contribution in [-0.4, -0.2) is 24.5 Å². The molecule has 2 heterocycles. The normalized spacial score (nSPS) is 12.0. The van der Waals surface area contributed by atoms with E-state index in [0.29, 0.717) is 12.4 Å². The average molecular weight is 248 g/mol. The van der Waals surface area contributed by atoms with Gasteiger partial charge in [0.2, 0.25) is 0 Å². The average Bonchev–Trinajstić information content (AvgIpc) is 2.84. The molecule has 6 nitrogen and oxygen atoms in total. The van der Waals surface area contributed by atoms with Crippen LogP contribution < -0.4 is 5.73 Å². The van der Waals surface area contributed by atoms with Gasteiger partial charge in [-0.05, 0) is 6.92 Å². The zero-order valence-corrected chi connectivity index (χ0v) is 11.4. The van der Waals surface area contributed by atoms with E-state index in [2.05, 4.69) is 47.6 Å². The molecule has 0 aliphatic rings. The summed E-state index contributed by atoms with van der Waals surface area (Å²) in [5, 5.41) is 8.11. The lowest BCUT2D eigenvalue weighted by Gasteiger charge is -2.20. The van der Waals surface area contributed by atoms with Crippen LogP contribution in [0.3, 0.4) is 0 Å². The summed E-state index contributed by atoms with van der Waals surface area (Å²) < 4.78 is 3.95. The minimum atomic E-state index is -0.0787. The molecule has 2 aromatic heterocycles. The predicted molar refractivity (Wildman–Crippen MR) is 70.1 cm³/mol. The fraction of sp³-hybridized carbons (Fsp3) is 0.583. The number of hydrogen-bond acceptors (Lipinski definition) is 4. The van der Waals surface area contributed by atoms with Crippen LogP contribution in [0.4, 0.5) is 5.82 Å². The van der Waals surface area contributed by atoms with Gasteiger partial charge in [0.15, 0.2) is 5.82 Å². The molecule has 0 saturated carbocycles. The summed E-state index contributed by atoms with van der Waals surface area (Å²) in [5.74, 6) is 0.505. The van der Waals surface area contributed by atoms with E-state index >= 15 is 0 Å². The number of nitrogens with zero attached hydrogens (tertiary/aromatic N) is 5. The van der Waals surface area contributed by atoms with Gasteiger partial charge in [-0.15, -0.1) is 5.10 Å². The summed E-state index contributed by atoms with van der Waals surface area (Å²) >= 11 is 0. The molecule has 0 atom stereocenters. The number of aromatic nitrogens is 5. The Morgan fingerprint density at radius 1 is 1.33 bits per heavy atom. The van der Waals surface area contributed by atoms with Gasteiger partial charge < -0.3 is 10.3 Å². The fourth-order valence-electron chi connectivity index (χ4n) is 2.13. The monoisotopic (exact) mass is 248 g/mol. The van der Waals surface area contributed by atoms with E-state index in [1.165, 1.54) is 0 Å². The molecule has 2 aromatic rings. The van der Waals surface area contributed by atoms with E-state index in [0.717, 1.165) is 17.9 Å². The first-order chi connectivity index (χ1) is 8.43. The predicted octanol–water partition coefficient (Wildman–Crippen LogP) is 1.42. The molecule has 0 fully saturated rings. The van der Waals surface area contributed by atoms with Crippen LogP contribution in [-0.2, 0) is 18.5 Å². The first-order valence-electron chi connectivity index (χ1n) is 6.12. The minimum Gasteiger partial charge on any atom is -0.381 e. The Morgan fingerprint density at radius 3 is 2.67 bits per heavy atom. The van der Waals surface area contributed by atoms with Crippen LogP contribution in [0.5, 0.6) is 0 Å². The van der Waals surface area contributed by atoms with E-state index < -0.39 is 0 Å². The van der Waals surface area contributed by atoms with Crippen LogP contribution in [0.2, 0.25) is 0 Å². The maximum absolute atomic E-state index is 5.91. The molecule has 0 saturated heterocycles. The quantitative estimate of drug-likeness (QED) is 0.891. The van der Waals surface area contributed by atoms with Gasteiger partial charge >= 0.3 is 0 Å². The van der Waals surface area contributed by atoms with Crippen molar-refractivity contribution in [3.05, 3.63) is 23.9 Å². The van der Waals surface area contributed by atoms with Gasteiger partial charge in [-0.1, -0.05) is 26.0 Å². The summed E-state index contributed by atoms with van der Waals surface area (Å²) in [6.45, 7) is 9.95. The molecule has 0 aliphatic carbocycles. The van der Waals surface area contributed by atoms with Crippen molar-refractivity contribution in [1.29, 1.82) is 0 Å². The highest BCUT2D eigenvalue weighted by molar-refractivity contribution is 5.38. The third-order valence-electron chi connectivity index (χ3n) is 2.92. The summed E-state index contributed by atoms with van der Waals surface area (Å²) in [6, 6.07) is 0. The Kier molecular flexibility index (Phi) is 3.11. The van der Waals surface area contributed by atoms with Gasteiger partial charge in [0.1, 0.15) is 0 Å². The molecule has 18 heavy (non-hydrogen) atoms. The second kappa shape index (κ2) is 4.44. The van der Waals surface area contributed by atoms with Crippen molar-refractivity contribution >= 4 is 5.82 Å². The van der Waals surface area contributed by atoms with Crippen molar-refractivity contribution in [2.24, 2.45) is 0 Å². The van der Waals surface area contributed by atoms with Crippen LogP contribution in [0.15, 0.2) is 12.5 Å². The summed E-state index contributed by atoms with van der Waals surface area (Å²) in [7, 11) is 0. The number of aryl methyl sites for hydroxylation is 1. The first-order valence-corrected chi connectivity index (χ1v) is 6.12. The maximum Gasteiger partial charge on any atom is 0.169 e. The molecule has 0 aromatic carbocycles. The van der Waals surface area contributed by atoms with Crippen LogP contribution in [0, 0.1) is 0 Å². The van der Waals surface area contributed by atoms with Gasteiger partial charge in [-0.25, -0.2) is 9.67 Å². The Labute approximate surface area is 107 Å². The van der Waals surface area contributed by atoms with E-state index in [1.807, 2.05) is 17.2 Å². The first kappa shape index (κ1) is 12.6. The topological polar surface area (TPSA) is 74.5 Å². The summed E-state index contributed by atoms with van der Waals surface area (Å²) in [4.78, 5) is 4.16. The minimum absolute atomic E-state index is 0.0787. The molecule has 2 rings (SSSR count). The van der Waals surface area contributed by atoms with Crippen molar-refractivity contribution in [3.63, 3.8) is 0 Å². The molecule has 0 radical (unpaired) electrons. The molecular weight excluding hydrogens is 228 g/mol. The molecule has 0 spiro atoms. The number of rotatable bonds is 3. The van der Waals surface area contributed by atoms with Crippen molar-refractivity contribution in [3.8, 4) is 0 Å². The number of hydrogen-bond donors (Lipinski definition) is 1.